The molecule has 2 amide bonds. The summed E-state index contributed by atoms with van der Waals surface area (Å²) >= 11 is 5.84. The Hall–Kier alpha value is -4.83. The van der Waals surface area contributed by atoms with Crippen molar-refractivity contribution < 1.29 is 24.0 Å². The van der Waals surface area contributed by atoms with Gasteiger partial charge in [0.2, 0.25) is 11.7 Å². The van der Waals surface area contributed by atoms with Gasteiger partial charge in [0.05, 0.1) is 11.1 Å². The number of amides is 2. The lowest BCUT2D eigenvalue weighted by molar-refractivity contribution is -0.385. The summed E-state index contributed by atoms with van der Waals surface area (Å²) in [5.41, 5.74) is 3.44. The van der Waals surface area contributed by atoms with Crippen LogP contribution in [0.4, 0.5) is 11.4 Å². The molecule has 0 heterocycles. The predicted molar refractivity (Wildman–Crippen MR) is 140 cm³/mol. The molecule has 0 saturated carbocycles. The second-order valence-corrected chi connectivity index (χ2v) is 7.87. The molecule has 0 bridgehead atoms. The number of halogens is 1. The summed E-state index contributed by atoms with van der Waals surface area (Å²) in [7, 11) is 0. The molecule has 0 radical (unpaired) electrons. The minimum atomic E-state index is -0.849. The van der Waals surface area contributed by atoms with Crippen LogP contribution >= 0.6 is 11.6 Å². The van der Waals surface area contributed by atoms with Crippen LogP contribution in [0, 0.1) is 10.1 Å². The number of carbonyl (C=O) groups excluding carboxylic acids is 3. The van der Waals surface area contributed by atoms with Gasteiger partial charge in [-0.15, -0.1) is 0 Å². The van der Waals surface area contributed by atoms with Crippen molar-refractivity contribution in [3.8, 4) is 5.75 Å². The Morgan fingerprint density at radius 3 is 2.41 bits per heavy atom. The van der Waals surface area contributed by atoms with E-state index in [1.807, 2.05) is 0 Å². The first kappa shape index (κ1) is 26.8. The summed E-state index contributed by atoms with van der Waals surface area (Å²) < 4.78 is 5.25. The van der Waals surface area contributed by atoms with E-state index in [9.17, 15) is 24.5 Å². The summed E-state index contributed by atoms with van der Waals surface area (Å²) in [5, 5.41) is 18.5. The van der Waals surface area contributed by atoms with Crippen LogP contribution in [0.25, 0.3) is 6.08 Å². The van der Waals surface area contributed by atoms with Crippen molar-refractivity contribution in [3.63, 3.8) is 0 Å². The van der Waals surface area contributed by atoms with Crippen LogP contribution in [0.3, 0.4) is 0 Å². The van der Waals surface area contributed by atoms with Gasteiger partial charge < -0.3 is 10.1 Å². The van der Waals surface area contributed by atoms with Crippen LogP contribution in [-0.2, 0) is 9.59 Å². The number of carbonyl (C=O) groups is 3. The van der Waals surface area contributed by atoms with Gasteiger partial charge in [0.1, 0.15) is 0 Å². The highest BCUT2D eigenvalue weighted by Crippen LogP contribution is 2.30. The minimum absolute atomic E-state index is 0.0976. The van der Waals surface area contributed by atoms with E-state index < -0.39 is 22.5 Å². The van der Waals surface area contributed by atoms with Crippen molar-refractivity contribution >= 4 is 53.0 Å². The Morgan fingerprint density at radius 2 is 1.76 bits per heavy atom. The number of hydrazone groups is 1. The first-order chi connectivity index (χ1) is 17.8. The fourth-order valence-electron chi connectivity index (χ4n) is 2.95. The first-order valence-electron chi connectivity index (χ1n) is 10.9. The second-order valence-electron chi connectivity index (χ2n) is 7.44. The molecule has 10 nitrogen and oxygen atoms in total. The van der Waals surface area contributed by atoms with Crippen LogP contribution in [0.1, 0.15) is 34.8 Å². The number of anilines is 1. The molecule has 0 aromatic heterocycles. The van der Waals surface area contributed by atoms with Crippen LogP contribution in [-0.4, -0.2) is 28.9 Å². The second kappa shape index (κ2) is 12.8. The van der Waals surface area contributed by atoms with E-state index in [1.54, 1.807) is 43.3 Å². The van der Waals surface area contributed by atoms with Crippen LogP contribution < -0.4 is 15.5 Å². The van der Waals surface area contributed by atoms with E-state index in [0.717, 1.165) is 12.3 Å². The summed E-state index contributed by atoms with van der Waals surface area (Å²) in [4.78, 5) is 47.0. The van der Waals surface area contributed by atoms with E-state index in [2.05, 4.69) is 15.8 Å². The number of hydrogen-bond acceptors (Lipinski definition) is 7. The van der Waals surface area contributed by atoms with Gasteiger partial charge in [-0.2, -0.15) is 5.10 Å². The molecule has 3 rings (SSSR count). The van der Waals surface area contributed by atoms with Gasteiger partial charge in [0, 0.05) is 40.4 Å². The van der Waals surface area contributed by atoms with Crippen molar-refractivity contribution in [2.45, 2.75) is 13.3 Å². The minimum Gasteiger partial charge on any atom is -0.415 e. The molecule has 2 N–H and O–H groups in total. The average Bonchev–Trinajstić information content (AvgIpc) is 2.89. The maximum Gasteiger partial charge on any atom is 0.336 e. The molecular weight excluding hydrogens is 500 g/mol. The van der Waals surface area contributed by atoms with Crippen molar-refractivity contribution in [3.05, 3.63) is 105 Å². The standard InChI is InChI=1S/C26H21ClN4O6/c1-2-23(32)29-21-13-9-18(10-14-21)26(34)30-28-16-19-4-3-5-22(31(35)36)25(19)37-24(33)15-8-17-6-11-20(27)12-7-17/h3-16H,2H2,1H3,(H,29,32)(H,30,34)/b15-8+,28-16+. The number of rotatable bonds is 9. The smallest absolute Gasteiger partial charge is 0.336 e. The summed E-state index contributed by atoms with van der Waals surface area (Å²) in [6, 6.07) is 16.8. The van der Waals surface area contributed by atoms with Crippen molar-refractivity contribution in [2.24, 2.45) is 5.10 Å². The Labute approximate surface area is 216 Å². The maximum atomic E-state index is 12.4. The fourth-order valence-corrected chi connectivity index (χ4v) is 3.08. The molecule has 0 atom stereocenters. The van der Waals surface area contributed by atoms with E-state index in [1.165, 1.54) is 36.4 Å². The molecule has 0 aliphatic carbocycles. The highest BCUT2D eigenvalue weighted by Gasteiger charge is 2.20. The first-order valence-corrected chi connectivity index (χ1v) is 11.3. The Balaban J connectivity index is 1.72. The third kappa shape index (κ3) is 7.84. The zero-order chi connectivity index (χ0) is 26.8. The number of nitro groups is 1. The monoisotopic (exact) mass is 520 g/mol. The van der Waals surface area contributed by atoms with Gasteiger partial charge >= 0.3 is 11.7 Å². The summed E-state index contributed by atoms with van der Waals surface area (Å²) in [6.45, 7) is 1.72. The molecule has 0 unspecified atom stereocenters. The molecule has 3 aromatic carbocycles. The van der Waals surface area contributed by atoms with Crippen LogP contribution in [0.15, 0.2) is 77.9 Å². The van der Waals surface area contributed by atoms with E-state index in [0.29, 0.717) is 22.7 Å². The molecule has 0 aliphatic heterocycles. The Bertz CT molecular complexity index is 1370. The lowest BCUT2D eigenvalue weighted by atomic mass is 10.2. The molecule has 0 spiro atoms. The topological polar surface area (TPSA) is 140 Å². The third-order valence-electron chi connectivity index (χ3n) is 4.83. The predicted octanol–water partition coefficient (Wildman–Crippen LogP) is 4.98. The number of esters is 1. The van der Waals surface area contributed by atoms with Gasteiger partial charge in [-0.05, 0) is 54.1 Å². The molecule has 0 aliphatic rings. The quantitative estimate of drug-likeness (QED) is 0.102. The molecular formula is C26H21ClN4O6. The fraction of sp³-hybridized carbons (Fsp3) is 0.0769. The van der Waals surface area contributed by atoms with Crippen molar-refractivity contribution in [2.75, 3.05) is 5.32 Å². The number of para-hydroxylation sites is 1. The van der Waals surface area contributed by atoms with E-state index in [-0.39, 0.29) is 22.8 Å². The summed E-state index contributed by atoms with van der Waals surface area (Å²) in [5.74, 6) is -1.89. The largest absolute Gasteiger partial charge is 0.415 e. The van der Waals surface area contributed by atoms with Gasteiger partial charge in [0.25, 0.3) is 5.91 Å². The molecule has 0 fully saturated rings. The van der Waals surface area contributed by atoms with Gasteiger partial charge in [-0.3, -0.25) is 19.7 Å². The Kier molecular flexibility index (Phi) is 9.23. The summed E-state index contributed by atoms with van der Waals surface area (Å²) in [6.07, 6.45) is 4.05. The number of nitrogens with one attached hydrogen (secondary N) is 2. The van der Waals surface area contributed by atoms with Crippen LogP contribution in [0.5, 0.6) is 5.75 Å². The zero-order valence-corrected chi connectivity index (χ0v) is 20.3. The molecule has 188 valence electrons. The lowest BCUT2D eigenvalue weighted by Crippen LogP contribution is -2.18. The van der Waals surface area contributed by atoms with E-state index >= 15 is 0 Å². The zero-order valence-electron chi connectivity index (χ0n) is 19.5. The molecule has 0 saturated heterocycles. The number of ether oxygens (including phenoxy) is 1. The number of nitrogens with zero attached hydrogens (tertiary/aromatic N) is 2. The van der Waals surface area contributed by atoms with Gasteiger partial charge in [0.15, 0.2) is 0 Å². The normalized spacial score (nSPS) is 10.9. The number of benzene rings is 3. The molecule has 11 heteroatoms. The highest BCUT2D eigenvalue weighted by atomic mass is 35.5. The van der Waals surface area contributed by atoms with Gasteiger partial charge in [-0.1, -0.05) is 36.7 Å². The van der Waals surface area contributed by atoms with Crippen molar-refractivity contribution in [1.29, 1.82) is 0 Å². The third-order valence-corrected chi connectivity index (χ3v) is 5.08. The average molecular weight is 521 g/mol. The molecule has 3 aromatic rings. The van der Waals surface area contributed by atoms with Crippen LogP contribution in [0.2, 0.25) is 5.02 Å². The SMILES string of the molecule is CCC(=O)Nc1ccc(C(=O)N/N=C/c2cccc([N+](=O)[O-])c2OC(=O)/C=C/c2ccc(Cl)cc2)cc1. The van der Waals surface area contributed by atoms with Gasteiger partial charge in [-0.25, -0.2) is 10.2 Å². The molecule has 37 heavy (non-hydrogen) atoms. The number of nitro benzene ring substituents is 1. The van der Waals surface area contributed by atoms with E-state index in [4.69, 9.17) is 16.3 Å². The number of hydrogen-bond donors (Lipinski definition) is 2. The maximum absolute atomic E-state index is 12.4. The Morgan fingerprint density at radius 1 is 1.05 bits per heavy atom. The van der Waals surface area contributed by atoms with Crippen molar-refractivity contribution in [1.82, 2.24) is 5.43 Å². The lowest BCUT2D eigenvalue weighted by Gasteiger charge is -2.07. The highest BCUT2D eigenvalue weighted by molar-refractivity contribution is 6.30.